The molecule has 1 saturated heterocycles. The van der Waals surface area contributed by atoms with Gasteiger partial charge in [0.2, 0.25) is 5.95 Å². The number of hydrogen-bond donors (Lipinski definition) is 1. The molecule has 1 aliphatic rings. The van der Waals surface area contributed by atoms with E-state index in [-0.39, 0.29) is 0 Å². The molecule has 0 aliphatic carbocycles. The van der Waals surface area contributed by atoms with E-state index >= 15 is 0 Å². The predicted molar refractivity (Wildman–Crippen MR) is 164 cm³/mol. The molecule has 2 aromatic heterocycles. The van der Waals surface area contributed by atoms with Crippen molar-refractivity contribution in [3.8, 4) is 16.6 Å². The molecule has 3 heterocycles. The second-order valence-electron chi connectivity index (χ2n) is 7.80. The number of nitrogen functional groups attached to an aromatic ring is 1. The number of anilines is 3. The first-order valence-electron chi connectivity index (χ1n) is 12.1. The summed E-state index contributed by atoms with van der Waals surface area (Å²) in [5.74, 6) is 0.0874. The minimum atomic E-state index is -0.578. The number of halogens is 2. The van der Waals surface area contributed by atoms with Crippen LogP contribution in [-0.2, 0) is 6.42 Å². The molecule has 0 amide bonds. The zero-order valence-electron chi connectivity index (χ0n) is 21.6. The molecule has 1 aliphatic heterocycles. The van der Waals surface area contributed by atoms with E-state index in [4.69, 9.17) is 5.73 Å². The second kappa shape index (κ2) is 15.2. The normalized spacial score (nSPS) is 12.1. The lowest BCUT2D eigenvalue weighted by molar-refractivity contribution is 0.112. The highest BCUT2D eigenvalue weighted by molar-refractivity contribution is 14.1. The number of nitrogens with zero attached hydrogens (tertiary/aromatic N) is 5. The van der Waals surface area contributed by atoms with E-state index in [1.807, 2.05) is 38.5 Å². The van der Waals surface area contributed by atoms with E-state index in [1.165, 1.54) is 0 Å². The Labute approximate surface area is 238 Å². The van der Waals surface area contributed by atoms with Gasteiger partial charge in [-0.25, -0.2) is 9.97 Å². The summed E-state index contributed by atoms with van der Waals surface area (Å²) >= 11 is 3.34. The molecule has 0 bridgehead atoms. The number of aldehydes is 1. The highest BCUT2D eigenvalue weighted by Crippen LogP contribution is 2.34. The van der Waals surface area contributed by atoms with Crippen molar-refractivity contribution in [3.05, 3.63) is 49.9 Å². The third-order valence-corrected chi connectivity index (χ3v) is 7.51. The number of benzene rings is 1. The van der Waals surface area contributed by atoms with Gasteiger partial charge in [-0.05, 0) is 53.6 Å². The number of hydrogen-bond acceptors (Lipinski definition) is 8. The smallest absolute Gasteiger partial charge is 0.225 e. The maximum absolute atomic E-state index is 15.0. The standard InChI is InChI=1S/C23H22FIN6OS.C2H6.CH5P/c1-30(19-6-4-5-17(27)15(19)12-26)10-7-18-20(13-32)33-23(28-18)14-11-16(25)22(29-21(14)24)31-8-2-3-9-31;2*1-2/h4-6,11,13H,2-3,7-10,27H2,1H3;1-2H3;2H2,1H3. The molecule has 0 saturated carbocycles. The van der Waals surface area contributed by atoms with Crippen molar-refractivity contribution in [2.24, 2.45) is 0 Å². The van der Waals surface area contributed by atoms with Gasteiger partial charge in [-0.3, -0.25) is 4.79 Å². The number of carbonyl (C=O) groups excluding carboxylic acids is 1. The van der Waals surface area contributed by atoms with E-state index in [2.05, 4.69) is 52.8 Å². The number of nitrogens with two attached hydrogens (primary N) is 1. The maximum Gasteiger partial charge on any atom is 0.225 e. The topological polar surface area (TPSA) is 99.1 Å². The monoisotopic (exact) mass is 654 g/mol. The summed E-state index contributed by atoms with van der Waals surface area (Å²) in [6.07, 6.45) is 3.38. The molecule has 1 unspecified atom stereocenters. The molecule has 2 N–H and O–H groups in total. The minimum absolute atomic E-state index is 0.303. The van der Waals surface area contributed by atoms with Crippen molar-refractivity contribution < 1.29 is 9.18 Å². The molecule has 1 aromatic carbocycles. The average molecular weight is 655 g/mol. The van der Waals surface area contributed by atoms with Crippen molar-refractivity contribution in [1.82, 2.24) is 9.97 Å². The van der Waals surface area contributed by atoms with Crippen molar-refractivity contribution in [3.63, 3.8) is 0 Å². The molecule has 1 fully saturated rings. The Morgan fingerprint density at radius 1 is 1.30 bits per heavy atom. The van der Waals surface area contributed by atoms with E-state index in [0.717, 1.165) is 47.1 Å². The fourth-order valence-electron chi connectivity index (χ4n) is 3.90. The van der Waals surface area contributed by atoms with Gasteiger partial charge in [0.1, 0.15) is 16.9 Å². The predicted octanol–water partition coefficient (Wildman–Crippen LogP) is 6.01. The largest absolute Gasteiger partial charge is 0.398 e. The molecule has 7 nitrogen and oxygen atoms in total. The molecule has 11 heteroatoms. The van der Waals surface area contributed by atoms with Gasteiger partial charge >= 0.3 is 0 Å². The van der Waals surface area contributed by atoms with Gasteiger partial charge in [0.15, 0.2) is 6.29 Å². The van der Waals surface area contributed by atoms with Gasteiger partial charge < -0.3 is 15.5 Å². The van der Waals surface area contributed by atoms with Gasteiger partial charge in [0.25, 0.3) is 0 Å². The van der Waals surface area contributed by atoms with Crippen molar-refractivity contribution in [2.45, 2.75) is 33.1 Å². The highest BCUT2D eigenvalue weighted by Gasteiger charge is 2.22. The van der Waals surface area contributed by atoms with Crippen LogP contribution in [0, 0.1) is 20.8 Å². The van der Waals surface area contributed by atoms with E-state index in [1.54, 1.807) is 18.2 Å². The molecule has 0 radical (unpaired) electrons. The summed E-state index contributed by atoms with van der Waals surface area (Å²) in [6, 6.07) is 9.20. The first-order chi connectivity index (χ1) is 17.9. The van der Waals surface area contributed by atoms with Gasteiger partial charge in [-0.2, -0.15) is 9.65 Å². The lowest BCUT2D eigenvalue weighted by Crippen LogP contribution is -2.22. The number of thiazole rings is 1. The first-order valence-corrected chi connectivity index (χ1v) is 15.1. The Bertz CT molecular complexity index is 1240. The Hall–Kier alpha value is -2.35. The molecule has 1 atom stereocenters. The van der Waals surface area contributed by atoms with Crippen LogP contribution in [0.2, 0.25) is 0 Å². The average Bonchev–Trinajstić information content (AvgIpc) is 3.61. The van der Waals surface area contributed by atoms with Crippen LogP contribution in [0.5, 0.6) is 0 Å². The Kier molecular flexibility index (Phi) is 12.6. The lowest BCUT2D eigenvalue weighted by atomic mass is 10.1. The molecular formula is C26H33FIN6OPS. The lowest BCUT2D eigenvalue weighted by Gasteiger charge is -2.20. The number of pyridine rings is 1. The van der Waals surface area contributed by atoms with Crippen LogP contribution in [0.1, 0.15) is 47.6 Å². The van der Waals surface area contributed by atoms with Crippen LogP contribution in [-0.4, -0.2) is 49.6 Å². The van der Waals surface area contributed by atoms with Gasteiger partial charge in [0, 0.05) is 33.1 Å². The summed E-state index contributed by atoms with van der Waals surface area (Å²) in [4.78, 5) is 24.9. The van der Waals surface area contributed by atoms with Crippen LogP contribution in [0.25, 0.3) is 10.6 Å². The van der Waals surface area contributed by atoms with E-state index in [9.17, 15) is 14.4 Å². The summed E-state index contributed by atoms with van der Waals surface area (Å²) in [6.45, 7) is 8.19. The number of rotatable bonds is 7. The van der Waals surface area contributed by atoms with Crippen LogP contribution >= 0.6 is 43.2 Å². The summed E-state index contributed by atoms with van der Waals surface area (Å²) < 4.78 is 15.8. The highest BCUT2D eigenvalue weighted by atomic mass is 127. The summed E-state index contributed by atoms with van der Waals surface area (Å²) in [7, 11) is 4.27. The minimum Gasteiger partial charge on any atom is -0.398 e. The Morgan fingerprint density at radius 2 is 1.97 bits per heavy atom. The fraction of sp³-hybridized carbons (Fsp3) is 0.385. The zero-order valence-corrected chi connectivity index (χ0v) is 25.7. The Morgan fingerprint density at radius 3 is 2.59 bits per heavy atom. The SMILES string of the molecule is CC.CN(CCc1nc(-c2cc(I)c(N3CCCC3)nc2F)sc1C=O)c1cccc(N)c1C#N.CP. The van der Waals surface area contributed by atoms with Gasteiger partial charge in [-0.1, -0.05) is 26.6 Å². The molecular weight excluding hydrogens is 621 g/mol. The van der Waals surface area contributed by atoms with Crippen LogP contribution in [0.15, 0.2) is 24.3 Å². The van der Waals surface area contributed by atoms with Crippen LogP contribution in [0.4, 0.5) is 21.6 Å². The third kappa shape index (κ3) is 7.37. The number of likely N-dealkylation sites (N-methyl/N-ethyl adjacent to an activating group) is 1. The number of carbonyl (C=O) groups is 1. The molecule has 198 valence electrons. The van der Waals surface area contributed by atoms with E-state index < -0.39 is 5.95 Å². The second-order valence-corrected chi connectivity index (χ2v) is 9.99. The first kappa shape index (κ1) is 30.9. The van der Waals surface area contributed by atoms with Crippen LogP contribution in [0.3, 0.4) is 0 Å². The Balaban J connectivity index is 0.00000115. The zero-order chi connectivity index (χ0) is 27.5. The third-order valence-electron chi connectivity index (χ3n) is 5.66. The number of nitriles is 1. The van der Waals surface area contributed by atoms with Crippen molar-refractivity contribution >= 4 is 66.6 Å². The van der Waals surface area contributed by atoms with Gasteiger partial charge in [0.05, 0.1) is 36.6 Å². The van der Waals surface area contributed by atoms with E-state index in [0.29, 0.717) is 56.9 Å². The fourth-order valence-corrected chi connectivity index (χ4v) is 5.60. The summed E-state index contributed by atoms with van der Waals surface area (Å²) in [5.41, 5.74) is 8.36. The molecule has 0 spiro atoms. The van der Waals surface area contributed by atoms with Gasteiger partial charge in [-0.15, -0.1) is 20.6 Å². The quantitative estimate of drug-likeness (QED) is 0.110. The van der Waals surface area contributed by atoms with Crippen LogP contribution < -0.4 is 15.5 Å². The maximum atomic E-state index is 15.0. The molecule has 37 heavy (non-hydrogen) atoms. The van der Waals surface area contributed by atoms with Crippen molar-refractivity contribution in [2.75, 3.05) is 48.9 Å². The summed E-state index contributed by atoms with van der Waals surface area (Å²) in [5, 5.41) is 9.86. The van der Waals surface area contributed by atoms with Crippen molar-refractivity contribution in [1.29, 1.82) is 5.26 Å². The molecule has 3 aromatic rings. The number of aromatic nitrogens is 2. The molecule has 4 rings (SSSR count).